The van der Waals surface area contributed by atoms with Crippen molar-refractivity contribution in [2.45, 2.75) is 84.2 Å². The standard InChI is InChI=1S/C29H36O6/c1-15-14-24(34-25(32)16(15)2)28(4)22-10-8-19-17-6-7-20-21(30)9-11-23(31)27(20,3)18(17)12-13-29(19,22)26(33-5)35-28/h7,9,11,17-19,22,24,26H,6,8,10,12-14H2,1-5H3/t17-,18+,19+,22-,24?,26+,27-,28-,29-/m1/s1. The highest BCUT2D eigenvalue weighted by Crippen LogP contribution is 2.72. The largest absolute Gasteiger partial charge is 0.456 e. The van der Waals surface area contributed by atoms with Crippen LogP contribution in [-0.4, -0.2) is 42.6 Å². The molecular formula is C29H36O6. The molecule has 2 aliphatic heterocycles. The maximum absolute atomic E-state index is 13.2. The maximum Gasteiger partial charge on any atom is 0.334 e. The third-order valence-electron chi connectivity index (χ3n) is 11.1. The van der Waals surface area contributed by atoms with Crippen LogP contribution in [0, 0.1) is 34.5 Å². The van der Waals surface area contributed by atoms with Crippen LogP contribution < -0.4 is 0 Å². The van der Waals surface area contributed by atoms with Crippen molar-refractivity contribution in [1.29, 1.82) is 0 Å². The molecule has 0 aromatic carbocycles. The van der Waals surface area contributed by atoms with E-state index in [0.717, 1.165) is 37.7 Å². The number of allylic oxidation sites excluding steroid dienone is 4. The van der Waals surface area contributed by atoms with Crippen LogP contribution in [-0.2, 0) is 28.6 Å². The number of carbonyl (C=O) groups excluding carboxylic acids is 3. The Morgan fingerprint density at radius 2 is 1.80 bits per heavy atom. The molecule has 6 heteroatoms. The van der Waals surface area contributed by atoms with Gasteiger partial charge >= 0.3 is 5.97 Å². The molecule has 2 heterocycles. The molecular weight excluding hydrogens is 444 g/mol. The molecule has 0 aromatic rings. The summed E-state index contributed by atoms with van der Waals surface area (Å²) in [5.41, 5.74) is 0.914. The Kier molecular flexibility index (Phi) is 4.99. The molecule has 0 amide bonds. The Hall–Kier alpha value is -2.05. The minimum atomic E-state index is -0.738. The fraction of sp³-hybridized carbons (Fsp3) is 0.690. The van der Waals surface area contributed by atoms with E-state index in [0.29, 0.717) is 29.4 Å². The van der Waals surface area contributed by atoms with Crippen molar-refractivity contribution in [3.63, 3.8) is 0 Å². The first kappa shape index (κ1) is 23.4. The molecule has 0 N–H and O–H groups in total. The van der Waals surface area contributed by atoms with Gasteiger partial charge in [-0.2, -0.15) is 0 Å². The number of fused-ring (bicyclic) bond motifs is 4. The summed E-state index contributed by atoms with van der Waals surface area (Å²) in [6, 6.07) is 0. The second-order valence-corrected chi connectivity index (χ2v) is 12.1. The summed E-state index contributed by atoms with van der Waals surface area (Å²) < 4.78 is 18.8. The highest BCUT2D eigenvalue weighted by molar-refractivity contribution is 6.18. The first-order chi connectivity index (χ1) is 16.6. The van der Waals surface area contributed by atoms with E-state index in [-0.39, 0.29) is 47.2 Å². The van der Waals surface area contributed by atoms with Gasteiger partial charge in [-0.1, -0.05) is 11.6 Å². The van der Waals surface area contributed by atoms with Gasteiger partial charge in [0.1, 0.15) is 11.7 Å². The fourth-order valence-electron chi connectivity index (χ4n) is 9.26. The summed E-state index contributed by atoms with van der Waals surface area (Å²) in [6.07, 6.45) is 9.54. The third kappa shape index (κ3) is 2.76. The smallest absolute Gasteiger partial charge is 0.334 e. The van der Waals surface area contributed by atoms with Gasteiger partial charge in [0.15, 0.2) is 17.9 Å². The molecule has 2 saturated carbocycles. The van der Waals surface area contributed by atoms with Crippen LogP contribution in [0.25, 0.3) is 0 Å². The van der Waals surface area contributed by atoms with Gasteiger partial charge in [0.25, 0.3) is 0 Å². The first-order valence-corrected chi connectivity index (χ1v) is 13.1. The second-order valence-electron chi connectivity index (χ2n) is 12.1. The number of rotatable bonds is 2. The second kappa shape index (κ2) is 7.48. The average molecular weight is 481 g/mol. The fourth-order valence-corrected chi connectivity index (χ4v) is 9.26. The van der Waals surface area contributed by atoms with E-state index < -0.39 is 11.0 Å². The lowest BCUT2D eigenvalue weighted by molar-refractivity contribution is -0.226. The SMILES string of the molecule is CO[C@H]1O[C@@](C)(C2CC(C)=C(C)C(=O)O2)[C@H]2CC[C@H]3[C@@H]4CC=C5C(=O)C=CC(=O)[C@]5(C)[C@H]4CC[C@@]132. The van der Waals surface area contributed by atoms with Crippen LogP contribution in [0.3, 0.4) is 0 Å². The average Bonchev–Trinajstić information content (AvgIpc) is 3.34. The lowest BCUT2D eigenvalue weighted by Crippen LogP contribution is -2.56. The van der Waals surface area contributed by atoms with E-state index in [9.17, 15) is 14.4 Å². The van der Waals surface area contributed by atoms with Crippen molar-refractivity contribution in [2.24, 2.45) is 34.5 Å². The van der Waals surface area contributed by atoms with Crippen molar-refractivity contribution in [1.82, 2.24) is 0 Å². The number of cyclic esters (lactones) is 1. The summed E-state index contributed by atoms with van der Waals surface area (Å²) >= 11 is 0. The van der Waals surface area contributed by atoms with Gasteiger partial charge in [-0.3, -0.25) is 9.59 Å². The van der Waals surface area contributed by atoms with Crippen LogP contribution in [0.15, 0.2) is 34.9 Å². The zero-order valence-electron chi connectivity index (χ0n) is 21.4. The van der Waals surface area contributed by atoms with E-state index in [4.69, 9.17) is 14.2 Å². The molecule has 1 saturated heterocycles. The number of hydrogen-bond donors (Lipinski definition) is 0. The molecule has 3 fully saturated rings. The lowest BCUT2D eigenvalue weighted by atomic mass is 9.47. The van der Waals surface area contributed by atoms with Crippen LogP contribution in [0.1, 0.15) is 66.2 Å². The van der Waals surface area contributed by atoms with Crippen molar-refractivity contribution in [2.75, 3.05) is 7.11 Å². The van der Waals surface area contributed by atoms with Crippen molar-refractivity contribution < 1.29 is 28.6 Å². The van der Waals surface area contributed by atoms with Crippen molar-refractivity contribution in [3.8, 4) is 0 Å². The molecule has 1 unspecified atom stereocenters. The number of esters is 1. The van der Waals surface area contributed by atoms with Gasteiger partial charge in [-0.15, -0.1) is 0 Å². The Morgan fingerprint density at radius 3 is 2.51 bits per heavy atom. The summed E-state index contributed by atoms with van der Waals surface area (Å²) in [7, 11) is 1.72. The van der Waals surface area contributed by atoms with Crippen LogP contribution in [0.2, 0.25) is 0 Å². The molecule has 35 heavy (non-hydrogen) atoms. The molecule has 6 nitrogen and oxygen atoms in total. The Balaban J connectivity index is 1.38. The molecule has 0 bridgehead atoms. The summed E-state index contributed by atoms with van der Waals surface area (Å²) in [6.45, 7) is 7.95. The van der Waals surface area contributed by atoms with Gasteiger partial charge in [0.2, 0.25) is 0 Å². The summed E-state index contributed by atoms with van der Waals surface area (Å²) in [5.74, 6) is 0.777. The molecule has 1 spiro atoms. The molecule has 0 aromatic heterocycles. The van der Waals surface area contributed by atoms with Crippen LogP contribution in [0.5, 0.6) is 0 Å². The first-order valence-electron chi connectivity index (χ1n) is 13.1. The maximum atomic E-state index is 13.2. The zero-order chi connectivity index (χ0) is 24.9. The number of ketones is 2. The van der Waals surface area contributed by atoms with E-state index in [2.05, 4.69) is 6.92 Å². The molecule has 0 radical (unpaired) electrons. The Labute approximate surface area is 207 Å². The van der Waals surface area contributed by atoms with Crippen molar-refractivity contribution in [3.05, 3.63) is 34.9 Å². The van der Waals surface area contributed by atoms with E-state index >= 15 is 0 Å². The minimum Gasteiger partial charge on any atom is -0.456 e. The van der Waals surface area contributed by atoms with Crippen molar-refractivity contribution >= 4 is 17.5 Å². The topological polar surface area (TPSA) is 78.9 Å². The van der Waals surface area contributed by atoms with Gasteiger partial charge in [-0.25, -0.2) is 4.79 Å². The Bertz CT molecular complexity index is 1110. The van der Waals surface area contributed by atoms with Gasteiger partial charge in [0, 0.05) is 36.0 Å². The lowest BCUT2D eigenvalue weighted by Gasteiger charge is -2.56. The molecule has 188 valence electrons. The van der Waals surface area contributed by atoms with Crippen LogP contribution in [0.4, 0.5) is 0 Å². The Morgan fingerprint density at radius 1 is 1.03 bits per heavy atom. The summed E-state index contributed by atoms with van der Waals surface area (Å²) in [5, 5.41) is 0. The number of carbonyl (C=O) groups is 3. The summed E-state index contributed by atoms with van der Waals surface area (Å²) in [4.78, 5) is 38.5. The zero-order valence-corrected chi connectivity index (χ0v) is 21.4. The quantitative estimate of drug-likeness (QED) is 0.542. The van der Waals surface area contributed by atoms with E-state index in [1.807, 2.05) is 26.8 Å². The van der Waals surface area contributed by atoms with Gasteiger partial charge in [0.05, 0.1) is 5.41 Å². The molecule has 4 aliphatic carbocycles. The van der Waals surface area contributed by atoms with E-state index in [1.165, 1.54) is 12.2 Å². The molecule has 6 rings (SSSR count). The normalized spacial score (nSPS) is 48.7. The highest BCUT2D eigenvalue weighted by atomic mass is 16.7. The van der Waals surface area contributed by atoms with E-state index in [1.54, 1.807) is 7.11 Å². The van der Waals surface area contributed by atoms with Gasteiger partial charge < -0.3 is 14.2 Å². The predicted octanol–water partition coefficient (Wildman–Crippen LogP) is 4.48. The molecule has 9 atom stereocenters. The predicted molar refractivity (Wildman–Crippen MR) is 128 cm³/mol. The number of ether oxygens (including phenoxy) is 3. The highest BCUT2D eigenvalue weighted by Gasteiger charge is 2.73. The number of hydrogen-bond acceptors (Lipinski definition) is 6. The van der Waals surface area contributed by atoms with Gasteiger partial charge in [-0.05, 0) is 89.7 Å². The van der Waals surface area contributed by atoms with Crippen LogP contribution >= 0.6 is 0 Å². The number of methoxy groups -OCH3 is 1. The third-order valence-corrected chi connectivity index (χ3v) is 11.1. The minimum absolute atomic E-state index is 0.0143. The monoisotopic (exact) mass is 480 g/mol. The molecule has 6 aliphatic rings.